The largest absolute Gasteiger partial charge is 0.469 e. The average Bonchev–Trinajstić information content (AvgIpc) is 2.71. The fraction of sp³-hybridized carbons (Fsp3) is 0.917. The maximum atomic E-state index is 11.6. The molecule has 0 aromatic carbocycles. The standard InChI is InChI=1S/C12H21NO3/c1-9-6-13(7-11(9)12(14)15-2)10-4-3-5-16-8-10/h9-11H,3-8H2,1-2H3. The Labute approximate surface area is 96.9 Å². The lowest BCUT2D eigenvalue weighted by Gasteiger charge is -2.30. The molecule has 2 saturated heterocycles. The van der Waals surface area contributed by atoms with Gasteiger partial charge in [0.15, 0.2) is 0 Å². The number of nitrogens with zero attached hydrogens (tertiary/aromatic N) is 1. The fourth-order valence-corrected chi connectivity index (χ4v) is 2.77. The van der Waals surface area contributed by atoms with E-state index in [0.29, 0.717) is 12.0 Å². The molecule has 0 saturated carbocycles. The summed E-state index contributed by atoms with van der Waals surface area (Å²) in [6.45, 7) is 5.67. The number of carbonyl (C=O) groups excluding carboxylic acids is 1. The Morgan fingerprint density at radius 3 is 2.88 bits per heavy atom. The maximum absolute atomic E-state index is 11.6. The lowest BCUT2D eigenvalue weighted by atomic mass is 9.99. The number of carbonyl (C=O) groups is 1. The first-order valence-electron chi connectivity index (χ1n) is 6.12. The van der Waals surface area contributed by atoms with Gasteiger partial charge in [0.1, 0.15) is 0 Å². The molecular weight excluding hydrogens is 206 g/mol. The van der Waals surface area contributed by atoms with Crippen LogP contribution >= 0.6 is 0 Å². The Kier molecular flexibility index (Phi) is 3.82. The molecule has 2 heterocycles. The van der Waals surface area contributed by atoms with Crippen molar-refractivity contribution in [2.24, 2.45) is 11.8 Å². The topological polar surface area (TPSA) is 38.8 Å². The molecule has 2 aliphatic heterocycles. The molecule has 0 aromatic rings. The van der Waals surface area contributed by atoms with Gasteiger partial charge in [0.05, 0.1) is 19.6 Å². The number of esters is 1. The zero-order valence-corrected chi connectivity index (χ0v) is 10.1. The van der Waals surface area contributed by atoms with E-state index in [1.165, 1.54) is 13.5 Å². The van der Waals surface area contributed by atoms with Crippen molar-refractivity contribution in [2.75, 3.05) is 33.4 Å². The third-order valence-electron chi connectivity index (χ3n) is 3.80. The van der Waals surface area contributed by atoms with Gasteiger partial charge < -0.3 is 9.47 Å². The van der Waals surface area contributed by atoms with E-state index < -0.39 is 0 Å². The molecular formula is C12H21NO3. The van der Waals surface area contributed by atoms with Gasteiger partial charge in [-0.25, -0.2) is 0 Å². The second kappa shape index (κ2) is 5.15. The van der Waals surface area contributed by atoms with Crippen LogP contribution in [-0.2, 0) is 14.3 Å². The van der Waals surface area contributed by atoms with Gasteiger partial charge in [-0.1, -0.05) is 6.92 Å². The van der Waals surface area contributed by atoms with Crippen molar-refractivity contribution in [3.8, 4) is 0 Å². The number of hydrogen-bond donors (Lipinski definition) is 0. The smallest absolute Gasteiger partial charge is 0.310 e. The summed E-state index contributed by atoms with van der Waals surface area (Å²) in [7, 11) is 1.47. The molecule has 3 unspecified atom stereocenters. The lowest BCUT2D eigenvalue weighted by Crippen LogP contribution is -2.40. The van der Waals surface area contributed by atoms with E-state index in [1.54, 1.807) is 0 Å². The zero-order valence-electron chi connectivity index (χ0n) is 10.1. The molecule has 2 rings (SSSR count). The number of likely N-dealkylation sites (tertiary alicyclic amines) is 1. The van der Waals surface area contributed by atoms with Gasteiger partial charge in [-0.15, -0.1) is 0 Å². The summed E-state index contributed by atoms with van der Waals surface area (Å²) in [5.74, 6) is 0.382. The third kappa shape index (κ3) is 2.38. The first-order valence-corrected chi connectivity index (χ1v) is 6.12. The fourth-order valence-electron chi connectivity index (χ4n) is 2.77. The van der Waals surface area contributed by atoms with Crippen LogP contribution in [0.1, 0.15) is 19.8 Å². The van der Waals surface area contributed by atoms with Gasteiger partial charge in [0.25, 0.3) is 0 Å². The van der Waals surface area contributed by atoms with Crippen molar-refractivity contribution < 1.29 is 14.3 Å². The van der Waals surface area contributed by atoms with Gasteiger partial charge in [0.2, 0.25) is 0 Å². The monoisotopic (exact) mass is 227 g/mol. The summed E-state index contributed by atoms with van der Waals surface area (Å²) in [6, 6.07) is 0.505. The minimum atomic E-state index is -0.0632. The molecule has 3 atom stereocenters. The normalized spacial score (nSPS) is 36.2. The zero-order chi connectivity index (χ0) is 11.5. The highest BCUT2D eigenvalue weighted by atomic mass is 16.5. The Balaban J connectivity index is 1.92. The predicted molar refractivity (Wildman–Crippen MR) is 60.1 cm³/mol. The molecule has 2 fully saturated rings. The van der Waals surface area contributed by atoms with E-state index in [4.69, 9.17) is 9.47 Å². The summed E-state index contributed by atoms with van der Waals surface area (Å²) in [5, 5.41) is 0. The van der Waals surface area contributed by atoms with Crippen molar-refractivity contribution in [1.82, 2.24) is 4.90 Å². The Morgan fingerprint density at radius 1 is 1.44 bits per heavy atom. The van der Waals surface area contributed by atoms with Gasteiger partial charge >= 0.3 is 5.97 Å². The molecule has 92 valence electrons. The number of hydrogen-bond acceptors (Lipinski definition) is 4. The van der Waals surface area contributed by atoms with Crippen LogP contribution < -0.4 is 0 Å². The molecule has 0 aliphatic carbocycles. The van der Waals surface area contributed by atoms with Crippen LogP contribution in [0.4, 0.5) is 0 Å². The van der Waals surface area contributed by atoms with Crippen LogP contribution in [0, 0.1) is 11.8 Å². The Hall–Kier alpha value is -0.610. The van der Waals surface area contributed by atoms with Gasteiger partial charge in [0, 0.05) is 25.7 Å². The predicted octanol–water partition coefficient (Wildman–Crippen LogP) is 0.906. The molecule has 0 radical (unpaired) electrons. The Morgan fingerprint density at radius 2 is 2.25 bits per heavy atom. The summed E-state index contributed by atoms with van der Waals surface area (Å²) in [4.78, 5) is 14.0. The van der Waals surface area contributed by atoms with Gasteiger partial charge in [-0.05, 0) is 18.8 Å². The molecule has 0 spiro atoms. The molecule has 0 N–H and O–H groups in total. The minimum Gasteiger partial charge on any atom is -0.469 e. The maximum Gasteiger partial charge on any atom is 0.310 e. The first-order chi connectivity index (χ1) is 7.72. The summed E-state index contributed by atoms with van der Waals surface area (Å²) in [6.07, 6.45) is 2.33. The number of methoxy groups -OCH3 is 1. The SMILES string of the molecule is COC(=O)C1CN(C2CCCOC2)CC1C. The van der Waals surface area contributed by atoms with E-state index in [2.05, 4.69) is 11.8 Å². The van der Waals surface area contributed by atoms with E-state index in [0.717, 1.165) is 32.7 Å². The second-order valence-corrected chi connectivity index (χ2v) is 4.93. The van der Waals surface area contributed by atoms with E-state index in [9.17, 15) is 4.79 Å². The highest BCUT2D eigenvalue weighted by molar-refractivity contribution is 5.73. The van der Waals surface area contributed by atoms with Crippen molar-refractivity contribution in [3.05, 3.63) is 0 Å². The molecule has 4 heteroatoms. The first kappa shape index (κ1) is 11.9. The molecule has 0 aromatic heterocycles. The quantitative estimate of drug-likeness (QED) is 0.657. The van der Waals surface area contributed by atoms with Crippen LogP contribution in [0.25, 0.3) is 0 Å². The highest BCUT2D eigenvalue weighted by Crippen LogP contribution is 2.28. The molecule has 2 aliphatic rings. The molecule has 16 heavy (non-hydrogen) atoms. The summed E-state index contributed by atoms with van der Waals surface area (Å²) < 4.78 is 10.3. The number of ether oxygens (including phenoxy) is 2. The van der Waals surface area contributed by atoms with Crippen molar-refractivity contribution in [1.29, 1.82) is 0 Å². The third-order valence-corrected chi connectivity index (χ3v) is 3.80. The van der Waals surface area contributed by atoms with Crippen LogP contribution in [0.15, 0.2) is 0 Å². The van der Waals surface area contributed by atoms with Crippen LogP contribution in [0.5, 0.6) is 0 Å². The van der Waals surface area contributed by atoms with Crippen LogP contribution in [-0.4, -0.2) is 50.3 Å². The van der Waals surface area contributed by atoms with E-state index in [-0.39, 0.29) is 11.9 Å². The minimum absolute atomic E-state index is 0.0481. The molecule has 0 bridgehead atoms. The highest BCUT2D eigenvalue weighted by Gasteiger charge is 2.38. The van der Waals surface area contributed by atoms with E-state index in [1.807, 2.05) is 0 Å². The summed E-state index contributed by atoms with van der Waals surface area (Å²) in [5.41, 5.74) is 0. The van der Waals surface area contributed by atoms with Gasteiger partial charge in [-0.3, -0.25) is 9.69 Å². The van der Waals surface area contributed by atoms with E-state index >= 15 is 0 Å². The molecule has 0 amide bonds. The van der Waals surface area contributed by atoms with Gasteiger partial charge in [-0.2, -0.15) is 0 Å². The second-order valence-electron chi connectivity index (χ2n) is 4.93. The van der Waals surface area contributed by atoms with Crippen LogP contribution in [0.3, 0.4) is 0 Å². The van der Waals surface area contributed by atoms with Crippen molar-refractivity contribution in [3.63, 3.8) is 0 Å². The molecule has 4 nitrogen and oxygen atoms in total. The lowest BCUT2D eigenvalue weighted by molar-refractivity contribution is -0.146. The van der Waals surface area contributed by atoms with Crippen LogP contribution in [0.2, 0.25) is 0 Å². The van der Waals surface area contributed by atoms with Crippen molar-refractivity contribution in [2.45, 2.75) is 25.8 Å². The Bertz CT molecular complexity index is 251. The number of rotatable bonds is 2. The average molecular weight is 227 g/mol. The summed E-state index contributed by atoms with van der Waals surface area (Å²) >= 11 is 0. The van der Waals surface area contributed by atoms with Crippen molar-refractivity contribution >= 4 is 5.97 Å².